The number of nitrogens with two attached hydrogens (primary N) is 1. The first kappa shape index (κ1) is 14.4. The lowest BCUT2D eigenvalue weighted by molar-refractivity contribution is 0.305. The molecule has 0 amide bonds. The Morgan fingerprint density at radius 3 is 2.50 bits per heavy atom. The van der Waals surface area contributed by atoms with Crippen LogP contribution < -0.4 is 10.6 Å². The normalized spacial score (nSPS) is 12.5. The van der Waals surface area contributed by atoms with Gasteiger partial charge in [0.05, 0.1) is 0 Å². The molecule has 0 spiro atoms. The fraction of sp³-hybridized carbons (Fsp3) is 0.500. The van der Waals surface area contributed by atoms with Crippen LogP contribution in [-0.2, 0) is 0 Å². The molecule has 3 N–H and O–H groups in total. The van der Waals surface area contributed by atoms with E-state index in [0.29, 0.717) is 5.84 Å². The van der Waals surface area contributed by atoms with Crippen LogP contribution in [0, 0.1) is 5.41 Å². The minimum absolute atomic E-state index is 0.258. The van der Waals surface area contributed by atoms with Crippen molar-refractivity contribution in [1.29, 1.82) is 0 Å². The van der Waals surface area contributed by atoms with E-state index in [-0.39, 0.29) is 5.41 Å². The Kier molecular flexibility index (Phi) is 5.01. The largest absolute Gasteiger partial charge is 0.409 e. The maximum absolute atomic E-state index is 8.71. The number of anilines is 1. The van der Waals surface area contributed by atoms with Crippen molar-refractivity contribution < 1.29 is 5.21 Å². The van der Waals surface area contributed by atoms with Gasteiger partial charge in [-0.15, -0.1) is 0 Å². The molecule has 0 saturated heterocycles. The third-order valence-corrected chi connectivity index (χ3v) is 3.29. The predicted molar refractivity (Wildman–Crippen MR) is 76.1 cm³/mol. The Hall–Kier alpha value is -1.71. The molecular weight excluding hydrogens is 226 g/mol. The fourth-order valence-electron chi connectivity index (χ4n) is 1.83. The molecule has 0 unspecified atom stereocenters. The lowest BCUT2D eigenvalue weighted by Gasteiger charge is -2.25. The fourth-order valence-corrected chi connectivity index (χ4v) is 1.83. The molecule has 1 aromatic rings. The van der Waals surface area contributed by atoms with Crippen LogP contribution in [0.3, 0.4) is 0 Å². The average molecular weight is 249 g/mol. The number of hydrogen-bond donors (Lipinski definition) is 2. The Labute approximate surface area is 109 Å². The molecule has 100 valence electrons. The van der Waals surface area contributed by atoms with Crippen LogP contribution in [0.15, 0.2) is 35.5 Å². The molecule has 1 aromatic carbocycles. The topological polar surface area (TPSA) is 61.8 Å². The number of benzene rings is 1. The third-order valence-electron chi connectivity index (χ3n) is 3.29. The second-order valence-electron chi connectivity index (χ2n) is 5.23. The maximum atomic E-state index is 8.71. The summed E-state index contributed by atoms with van der Waals surface area (Å²) in [5.74, 6) is 0.296. The zero-order valence-corrected chi connectivity index (χ0v) is 11.4. The van der Waals surface area contributed by atoms with Crippen molar-refractivity contribution in [2.24, 2.45) is 16.3 Å². The molecule has 0 radical (unpaired) electrons. The lowest BCUT2D eigenvalue weighted by Crippen LogP contribution is -2.32. The van der Waals surface area contributed by atoms with Gasteiger partial charge in [0.2, 0.25) is 0 Å². The van der Waals surface area contributed by atoms with E-state index in [0.717, 1.165) is 19.4 Å². The number of nitrogens with zero attached hydrogens (tertiary/aromatic N) is 2. The first-order chi connectivity index (χ1) is 8.47. The van der Waals surface area contributed by atoms with E-state index in [1.807, 2.05) is 32.0 Å². The van der Waals surface area contributed by atoms with Gasteiger partial charge < -0.3 is 15.8 Å². The molecule has 0 heterocycles. The highest BCUT2D eigenvalue weighted by atomic mass is 16.4. The van der Waals surface area contributed by atoms with Crippen LogP contribution in [0.5, 0.6) is 0 Å². The molecule has 18 heavy (non-hydrogen) atoms. The lowest BCUT2D eigenvalue weighted by atomic mass is 9.86. The predicted octanol–water partition coefficient (Wildman–Crippen LogP) is 2.68. The summed E-state index contributed by atoms with van der Waals surface area (Å²) < 4.78 is 0. The highest BCUT2D eigenvalue weighted by molar-refractivity contribution is 5.85. The standard InChI is InChI=1S/C14H23N3O/c1-14(2,13(15)16-18)10-7-11-17(3)12-8-5-4-6-9-12/h4-6,8-9,18H,7,10-11H2,1-3H3,(H2,15,16). The summed E-state index contributed by atoms with van der Waals surface area (Å²) >= 11 is 0. The van der Waals surface area contributed by atoms with Crippen LogP contribution in [0.1, 0.15) is 26.7 Å². The summed E-state index contributed by atoms with van der Waals surface area (Å²) in [5, 5.41) is 11.8. The molecule has 1 rings (SSSR count). The van der Waals surface area contributed by atoms with Crippen LogP contribution >= 0.6 is 0 Å². The molecule has 0 aliphatic rings. The third kappa shape index (κ3) is 3.95. The van der Waals surface area contributed by atoms with Crippen LogP contribution in [0.2, 0.25) is 0 Å². The van der Waals surface area contributed by atoms with Gasteiger partial charge in [-0.3, -0.25) is 0 Å². The zero-order chi connectivity index (χ0) is 13.6. The molecule has 4 nitrogen and oxygen atoms in total. The smallest absolute Gasteiger partial charge is 0.144 e. The van der Waals surface area contributed by atoms with Crippen LogP contribution in [0.4, 0.5) is 5.69 Å². The number of para-hydroxylation sites is 1. The van der Waals surface area contributed by atoms with Crippen molar-refractivity contribution in [3.05, 3.63) is 30.3 Å². The Morgan fingerprint density at radius 1 is 1.33 bits per heavy atom. The van der Waals surface area contributed by atoms with Crippen LogP contribution in [0.25, 0.3) is 0 Å². The maximum Gasteiger partial charge on any atom is 0.144 e. The van der Waals surface area contributed by atoms with Gasteiger partial charge in [-0.1, -0.05) is 37.2 Å². The minimum Gasteiger partial charge on any atom is -0.409 e. The van der Waals surface area contributed by atoms with E-state index >= 15 is 0 Å². The van der Waals surface area contributed by atoms with E-state index in [9.17, 15) is 0 Å². The average Bonchev–Trinajstić information content (AvgIpc) is 2.38. The van der Waals surface area contributed by atoms with Gasteiger partial charge in [0.25, 0.3) is 0 Å². The van der Waals surface area contributed by atoms with Gasteiger partial charge in [-0.25, -0.2) is 0 Å². The monoisotopic (exact) mass is 249 g/mol. The van der Waals surface area contributed by atoms with Crippen molar-refractivity contribution in [1.82, 2.24) is 0 Å². The van der Waals surface area contributed by atoms with E-state index in [1.165, 1.54) is 5.69 Å². The first-order valence-corrected chi connectivity index (χ1v) is 6.21. The Balaban J connectivity index is 2.43. The SMILES string of the molecule is CN(CCCC(C)(C)C(N)=NO)c1ccccc1. The zero-order valence-electron chi connectivity index (χ0n) is 11.4. The first-order valence-electron chi connectivity index (χ1n) is 6.21. The molecular formula is C14H23N3O. The van der Waals surface area contributed by atoms with Gasteiger partial charge >= 0.3 is 0 Å². The van der Waals surface area contributed by atoms with Crippen molar-refractivity contribution >= 4 is 11.5 Å². The highest BCUT2D eigenvalue weighted by Crippen LogP contribution is 2.23. The van der Waals surface area contributed by atoms with Gasteiger partial charge in [0, 0.05) is 24.7 Å². The quantitative estimate of drug-likeness (QED) is 0.352. The van der Waals surface area contributed by atoms with Gasteiger partial charge in [-0.05, 0) is 25.0 Å². The minimum atomic E-state index is -0.258. The molecule has 0 aliphatic carbocycles. The molecule has 4 heteroatoms. The Bertz CT molecular complexity index is 387. The highest BCUT2D eigenvalue weighted by Gasteiger charge is 2.23. The van der Waals surface area contributed by atoms with Gasteiger partial charge in [0.1, 0.15) is 5.84 Å². The van der Waals surface area contributed by atoms with E-state index in [4.69, 9.17) is 10.9 Å². The second-order valence-corrected chi connectivity index (χ2v) is 5.23. The summed E-state index contributed by atoms with van der Waals surface area (Å²) in [6, 6.07) is 10.3. The molecule has 0 aromatic heterocycles. The molecule has 0 fully saturated rings. The van der Waals surface area contributed by atoms with Gasteiger partial charge in [-0.2, -0.15) is 0 Å². The van der Waals surface area contributed by atoms with Crippen LogP contribution in [-0.4, -0.2) is 24.6 Å². The number of amidine groups is 1. The van der Waals surface area contributed by atoms with Crippen molar-refractivity contribution in [3.63, 3.8) is 0 Å². The Morgan fingerprint density at radius 2 is 1.94 bits per heavy atom. The number of hydrogen-bond acceptors (Lipinski definition) is 3. The molecule has 0 bridgehead atoms. The number of oxime groups is 1. The summed E-state index contributed by atoms with van der Waals surface area (Å²) in [6.45, 7) is 4.93. The molecule has 0 saturated carbocycles. The van der Waals surface area contributed by atoms with Crippen molar-refractivity contribution in [2.75, 3.05) is 18.5 Å². The van der Waals surface area contributed by atoms with Crippen molar-refractivity contribution in [3.8, 4) is 0 Å². The van der Waals surface area contributed by atoms with E-state index < -0.39 is 0 Å². The van der Waals surface area contributed by atoms with Gasteiger partial charge in [0.15, 0.2) is 0 Å². The summed E-state index contributed by atoms with van der Waals surface area (Å²) in [7, 11) is 2.08. The summed E-state index contributed by atoms with van der Waals surface area (Å²) in [4.78, 5) is 2.21. The second kappa shape index (κ2) is 6.28. The summed E-state index contributed by atoms with van der Waals surface area (Å²) in [6.07, 6.45) is 1.88. The summed E-state index contributed by atoms with van der Waals surface area (Å²) in [5.41, 5.74) is 6.61. The van der Waals surface area contributed by atoms with E-state index in [2.05, 4.69) is 29.2 Å². The van der Waals surface area contributed by atoms with E-state index in [1.54, 1.807) is 0 Å². The molecule has 0 aliphatic heterocycles. The number of rotatable bonds is 6. The van der Waals surface area contributed by atoms with Crippen molar-refractivity contribution in [2.45, 2.75) is 26.7 Å². The molecule has 0 atom stereocenters.